The first kappa shape index (κ1) is 27.8. The number of halogens is 2. The Kier molecular flexibility index (Phi) is 8.83. The van der Waals surface area contributed by atoms with Crippen molar-refractivity contribution in [2.24, 2.45) is 0 Å². The second-order valence-corrected chi connectivity index (χ2v) is 10.9. The topological polar surface area (TPSA) is 71.1 Å². The van der Waals surface area contributed by atoms with Crippen LogP contribution in [0.2, 0.25) is 10.0 Å². The average Bonchev–Trinajstić information content (AvgIpc) is 3.14. The molecule has 0 aliphatic carbocycles. The van der Waals surface area contributed by atoms with Gasteiger partial charge in [-0.05, 0) is 66.2 Å². The molecule has 0 spiro atoms. The Balaban J connectivity index is 1.44. The van der Waals surface area contributed by atoms with Gasteiger partial charge >= 0.3 is 0 Å². The van der Waals surface area contributed by atoms with Crippen molar-refractivity contribution >= 4 is 86.5 Å². The summed E-state index contributed by atoms with van der Waals surface area (Å²) >= 11 is 18.7. The zero-order valence-corrected chi connectivity index (χ0v) is 23.8. The monoisotopic (exact) mass is 587 g/mol. The van der Waals surface area contributed by atoms with Gasteiger partial charge in [-0.3, -0.25) is 14.5 Å². The fourth-order valence-electron chi connectivity index (χ4n) is 3.60. The summed E-state index contributed by atoms with van der Waals surface area (Å²) < 4.78 is 11.6. The fourth-order valence-corrected chi connectivity index (χ4v) is 5.43. The number of methoxy groups -OCH3 is 1. The zero-order chi connectivity index (χ0) is 27.4. The second kappa shape index (κ2) is 12.1. The van der Waals surface area contributed by atoms with E-state index in [0.717, 1.165) is 11.3 Å². The van der Waals surface area contributed by atoms with Crippen molar-refractivity contribution in [2.45, 2.75) is 0 Å². The molecule has 7 nitrogen and oxygen atoms in total. The van der Waals surface area contributed by atoms with Gasteiger partial charge in [0, 0.05) is 35.5 Å². The molecule has 1 fully saturated rings. The lowest BCUT2D eigenvalue weighted by atomic mass is 10.1. The molecule has 4 rings (SSSR count). The van der Waals surface area contributed by atoms with E-state index in [0.29, 0.717) is 42.1 Å². The van der Waals surface area contributed by atoms with Crippen molar-refractivity contribution in [3.8, 4) is 11.5 Å². The molecule has 0 atom stereocenters. The minimum absolute atomic E-state index is 0.199. The van der Waals surface area contributed by atoms with Crippen LogP contribution in [0, 0.1) is 0 Å². The minimum Gasteiger partial charge on any atom is -0.493 e. The van der Waals surface area contributed by atoms with Crippen LogP contribution in [0.1, 0.15) is 5.56 Å². The van der Waals surface area contributed by atoms with Crippen LogP contribution in [0.3, 0.4) is 0 Å². The average molecular weight is 589 g/mol. The van der Waals surface area contributed by atoms with Gasteiger partial charge < -0.3 is 19.7 Å². The van der Waals surface area contributed by atoms with Crippen molar-refractivity contribution in [1.82, 2.24) is 0 Å². The van der Waals surface area contributed by atoms with E-state index in [-0.39, 0.29) is 12.5 Å². The summed E-state index contributed by atoms with van der Waals surface area (Å²) in [5.41, 5.74) is 2.91. The zero-order valence-electron chi connectivity index (χ0n) is 20.7. The number of hydrogen-bond acceptors (Lipinski definition) is 7. The van der Waals surface area contributed by atoms with Crippen LogP contribution in [0.25, 0.3) is 6.08 Å². The van der Waals surface area contributed by atoms with Gasteiger partial charge in [0.15, 0.2) is 22.4 Å². The maximum absolute atomic E-state index is 13.2. The van der Waals surface area contributed by atoms with Crippen molar-refractivity contribution < 1.29 is 19.1 Å². The molecule has 196 valence electrons. The van der Waals surface area contributed by atoms with Gasteiger partial charge in [-0.2, -0.15) is 0 Å². The van der Waals surface area contributed by atoms with Crippen molar-refractivity contribution in [3.63, 3.8) is 0 Å². The van der Waals surface area contributed by atoms with Crippen LogP contribution in [-0.2, 0) is 9.59 Å². The SMILES string of the molecule is COc1cc(/C=C2\SC(=S)N(c3ccc(N(C)C)cc3)C2=O)ccc1OCC(=O)Nc1cc(Cl)cc(Cl)c1. The van der Waals surface area contributed by atoms with Gasteiger partial charge in [0.25, 0.3) is 11.8 Å². The number of nitrogens with one attached hydrogen (secondary N) is 1. The number of carbonyl (C=O) groups excluding carboxylic acids is 2. The molecule has 11 heteroatoms. The molecule has 1 aliphatic heterocycles. The third-order valence-electron chi connectivity index (χ3n) is 5.41. The highest BCUT2D eigenvalue weighted by Gasteiger charge is 2.33. The van der Waals surface area contributed by atoms with E-state index in [2.05, 4.69) is 5.32 Å². The molecule has 0 radical (unpaired) electrons. The number of carbonyl (C=O) groups is 2. The third-order valence-corrected chi connectivity index (χ3v) is 7.15. The minimum atomic E-state index is -0.392. The van der Waals surface area contributed by atoms with Crippen LogP contribution in [0.5, 0.6) is 11.5 Å². The van der Waals surface area contributed by atoms with Crippen LogP contribution in [0.15, 0.2) is 65.6 Å². The number of ether oxygens (including phenoxy) is 2. The van der Waals surface area contributed by atoms with E-state index in [1.165, 1.54) is 23.8 Å². The molecule has 3 aromatic rings. The van der Waals surface area contributed by atoms with E-state index < -0.39 is 5.91 Å². The molecule has 38 heavy (non-hydrogen) atoms. The van der Waals surface area contributed by atoms with Gasteiger partial charge in [-0.25, -0.2) is 0 Å². The highest BCUT2D eigenvalue weighted by atomic mass is 35.5. The summed E-state index contributed by atoms with van der Waals surface area (Å²) in [4.78, 5) is 29.5. The normalized spacial score (nSPS) is 14.1. The van der Waals surface area contributed by atoms with E-state index in [4.69, 9.17) is 44.9 Å². The van der Waals surface area contributed by atoms with Gasteiger partial charge in [0.05, 0.1) is 17.7 Å². The van der Waals surface area contributed by atoms with Crippen LogP contribution >= 0.6 is 47.2 Å². The number of hydrogen-bond donors (Lipinski definition) is 1. The lowest BCUT2D eigenvalue weighted by Gasteiger charge is -2.17. The number of thioether (sulfide) groups is 1. The van der Waals surface area contributed by atoms with Gasteiger partial charge in [-0.1, -0.05) is 53.2 Å². The number of rotatable bonds is 8. The van der Waals surface area contributed by atoms with Crippen LogP contribution in [0.4, 0.5) is 17.1 Å². The van der Waals surface area contributed by atoms with Gasteiger partial charge in [0.1, 0.15) is 0 Å². The Morgan fingerprint density at radius 2 is 1.74 bits per heavy atom. The summed E-state index contributed by atoms with van der Waals surface area (Å²) in [6, 6.07) is 17.5. The van der Waals surface area contributed by atoms with E-state index in [9.17, 15) is 9.59 Å². The van der Waals surface area contributed by atoms with Crippen LogP contribution < -0.4 is 24.6 Å². The molecule has 0 aromatic heterocycles. The highest BCUT2D eigenvalue weighted by Crippen LogP contribution is 2.37. The number of nitrogens with zero attached hydrogens (tertiary/aromatic N) is 2. The quantitative estimate of drug-likeness (QED) is 0.238. The van der Waals surface area contributed by atoms with E-state index >= 15 is 0 Å². The largest absolute Gasteiger partial charge is 0.493 e. The molecular weight excluding hydrogens is 565 g/mol. The molecule has 2 amide bonds. The van der Waals surface area contributed by atoms with Gasteiger partial charge in [-0.15, -0.1) is 0 Å². The first-order valence-corrected chi connectivity index (χ1v) is 13.2. The van der Waals surface area contributed by atoms with Crippen molar-refractivity contribution in [2.75, 3.05) is 42.9 Å². The lowest BCUT2D eigenvalue weighted by Crippen LogP contribution is -2.27. The smallest absolute Gasteiger partial charge is 0.270 e. The predicted octanol–water partition coefficient (Wildman–Crippen LogP) is 6.49. The van der Waals surface area contributed by atoms with Crippen molar-refractivity contribution in [3.05, 3.63) is 81.2 Å². The number of thiocarbonyl (C=S) groups is 1. The Hall–Kier alpha value is -3.24. The molecule has 1 aliphatic rings. The Bertz CT molecular complexity index is 1410. The summed E-state index contributed by atoms with van der Waals surface area (Å²) in [5.74, 6) is 0.191. The van der Waals surface area contributed by atoms with E-state index in [1.54, 1.807) is 42.5 Å². The summed E-state index contributed by atoms with van der Waals surface area (Å²) in [7, 11) is 5.40. The number of anilines is 3. The predicted molar refractivity (Wildman–Crippen MR) is 160 cm³/mol. The maximum atomic E-state index is 13.2. The standard InChI is InChI=1S/C27H23Cl2N3O4S2/c1-31(2)20-5-7-21(8-6-20)32-26(34)24(38-27(32)37)11-16-4-9-22(23(10-16)35-3)36-15-25(33)30-19-13-17(28)12-18(29)14-19/h4-14H,15H2,1-3H3,(H,30,33)/b24-11-. The summed E-state index contributed by atoms with van der Waals surface area (Å²) in [6.07, 6.45) is 1.75. The number of benzene rings is 3. The molecule has 1 saturated heterocycles. The van der Waals surface area contributed by atoms with Crippen LogP contribution in [-0.4, -0.2) is 43.9 Å². The Morgan fingerprint density at radius 3 is 2.37 bits per heavy atom. The molecular formula is C27H23Cl2N3O4S2. The third kappa shape index (κ3) is 6.60. The first-order chi connectivity index (χ1) is 18.1. The molecule has 1 heterocycles. The van der Waals surface area contributed by atoms with Crippen molar-refractivity contribution in [1.29, 1.82) is 0 Å². The van der Waals surface area contributed by atoms with E-state index in [1.807, 2.05) is 43.3 Å². The second-order valence-electron chi connectivity index (χ2n) is 8.33. The maximum Gasteiger partial charge on any atom is 0.270 e. The molecule has 3 aromatic carbocycles. The fraction of sp³-hybridized carbons (Fsp3) is 0.148. The first-order valence-electron chi connectivity index (χ1n) is 11.3. The molecule has 0 unspecified atom stereocenters. The van der Waals surface area contributed by atoms with Gasteiger partial charge in [0.2, 0.25) is 0 Å². The molecule has 0 saturated carbocycles. The summed E-state index contributed by atoms with van der Waals surface area (Å²) in [5, 5.41) is 3.50. The Labute approximate surface area is 240 Å². The molecule has 1 N–H and O–H groups in total. The summed E-state index contributed by atoms with van der Waals surface area (Å²) in [6.45, 7) is -0.259. The lowest BCUT2D eigenvalue weighted by molar-refractivity contribution is -0.118. The number of amides is 2. The Morgan fingerprint density at radius 1 is 1.05 bits per heavy atom. The molecule has 0 bridgehead atoms. The highest BCUT2D eigenvalue weighted by molar-refractivity contribution is 8.27.